The van der Waals surface area contributed by atoms with E-state index in [1.54, 1.807) is 24.3 Å². The summed E-state index contributed by atoms with van der Waals surface area (Å²) in [4.78, 5) is 24.1. The van der Waals surface area contributed by atoms with Gasteiger partial charge in [-0.3, -0.25) is 4.90 Å². The number of piperidine rings is 1. The highest BCUT2D eigenvalue weighted by atomic mass is 35.5. The molecule has 5 heterocycles. The van der Waals surface area contributed by atoms with Crippen LogP contribution in [-0.2, 0) is 22.6 Å². The first-order chi connectivity index (χ1) is 23.0. The van der Waals surface area contributed by atoms with Crippen LogP contribution in [0.5, 0.6) is 11.5 Å². The van der Waals surface area contributed by atoms with Crippen molar-refractivity contribution in [1.82, 2.24) is 19.4 Å². The fourth-order valence-corrected chi connectivity index (χ4v) is 6.36. The average Bonchev–Trinajstić information content (AvgIpc) is 3.37. The lowest BCUT2D eigenvalue weighted by molar-refractivity contribution is -0.0593. The number of halogens is 1. The molecule has 2 saturated heterocycles. The highest BCUT2D eigenvalue weighted by Crippen LogP contribution is 2.43. The maximum Gasteiger partial charge on any atom is 0.356 e. The summed E-state index contributed by atoms with van der Waals surface area (Å²) in [7, 11) is -1.38. The number of carbonyl (C=O) groups excluding carboxylic acids is 1. The van der Waals surface area contributed by atoms with E-state index in [1.165, 1.54) is 13.2 Å². The molecule has 0 unspecified atom stereocenters. The van der Waals surface area contributed by atoms with Crippen molar-refractivity contribution in [1.29, 1.82) is 0 Å². The minimum atomic E-state index is -2.72. The first-order valence-corrected chi connectivity index (χ1v) is 15.2. The van der Waals surface area contributed by atoms with E-state index < -0.39 is 19.1 Å². The molecule has 0 bridgehead atoms. The third-order valence-electron chi connectivity index (χ3n) is 8.66. The van der Waals surface area contributed by atoms with Gasteiger partial charge in [0, 0.05) is 22.8 Å². The van der Waals surface area contributed by atoms with Crippen LogP contribution in [0.25, 0.3) is 17.2 Å². The number of likely N-dealkylation sites (tertiary alicyclic amines) is 1. The molecule has 9 nitrogen and oxygen atoms in total. The van der Waals surface area contributed by atoms with Crippen LogP contribution >= 0.6 is 11.6 Å². The summed E-state index contributed by atoms with van der Waals surface area (Å²) < 4.78 is 56.5. The van der Waals surface area contributed by atoms with Crippen molar-refractivity contribution in [3.8, 4) is 11.5 Å². The molecule has 3 aliphatic rings. The van der Waals surface area contributed by atoms with Crippen molar-refractivity contribution < 1.29 is 29.2 Å². The second-order valence-corrected chi connectivity index (χ2v) is 11.7. The fraction of sp³-hybridized carbons (Fsp3) is 0.382. The molecule has 0 saturated carbocycles. The number of hydrogen-bond donors (Lipinski definition) is 0. The molecule has 2 atom stereocenters. The maximum absolute atomic E-state index is 12.2. The smallest absolute Gasteiger partial charge is 0.356 e. The third-order valence-corrected chi connectivity index (χ3v) is 8.89. The molecular weight excluding hydrogens is 580 g/mol. The van der Waals surface area contributed by atoms with Crippen molar-refractivity contribution in [3.63, 3.8) is 0 Å². The Morgan fingerprint density at radius 1 is 1.14 bits per heavy atom. The number of nitrogens with zero attached hydrogens (tertiary/aromatic N) is 4. The van der Waals surface area contributed by atoms with E-state index in [4.69, 9.17) is 39.6 Å². The molecule has 0 N–H and O–H groups in total. The number of esters is 1. The highest BCUT2D eigenvalue weighted by molar-refractivity contribution is 6.30. The maximum atomic E-state index is 12.2. The molecule has 2 aromatic carbocycles. The van der Waals surface area contributed by atoms with E-state index in [2.05, 4.69) is 14.5 Å². The van der Waals surface area contributed by atoms with Crippen molar-refractivity contribution in [2.24, 2.45) is 0 Å². The lowest BCUT2D eigenvalue weighted by Gasteiger charge is -2.34. The predicted molar refractivity (Wildman–Crippen MR) is 167 cm³/mol. The molecule has 7 rings (SSSR count). The Hall–Kier alpha value is -3.92. The zero-order valence-electron chi connectivity index (χ0n) is 28.3. The van der Waals surface area contributed by atoms with Crippen LogP contribution in [0, 0.1) is 0 Å². The zero-order valence-corrected chi connectivity index (χ0v) is 25.0. The normalized spacial score (nSPS) is 23.5. The Kier molecular flexibility index (Phi) is 6.78. The van der Waals surface area contributed by atoms with Crippen molar-refractivity contribution in [3.05, 3.63) is 87.8 Å². The minimum Gasteiger partial charge on any atom is -0.496 e. The molecule has 4 aromatic rings. The summed E-state index contributed by atoms with van der Waals surface area (Å²) in [6.07, 6.45) is 4.49. The van der Waals surface area contributed by atoms with Gasteiger partial charge in [-0.2, -0.15) is 0 Å². The number of benzene rings is 2. The molecule has 0 amide bonds. The number of pyridine rings is 1. The van der Waals surface area contributed by atoms with Gasteiger partial charge < -0.3 is 23.5 Å². The van der Waals surface area contributed by atoms with Gasteiger partial charge in [0.15, 0.2) is 11.3 Å². The van der Waals surface area contributed by atoms with E-state index in [1.807, 2.05) is 30.3 Å². The molecule has 10 heteroatoms. The number of carbonyl (C=O) groups is 1. The third kappa shape index (κ3) is 5.56. The van der Waals surface area contributed by atoms with Crippen LogP contribution in [0.15, 0.2) is 54.6 Å². The van der Waals surface area contributed by atoms with E-state index in [-0.39, 0.29) is 29.0 Å². The molecule has 44 heavy (non-hydrogen) atoms. The van der Waals surface area contributed by atoms with E-state index in [9.17, 15) is 6.17 Å². The number of imidazole rings is 1. The van der Waals surface area contributed by atoms with E-state index in [0.717, 1.165) is 61.4 Å². The number of aromatic nitrogens is 3. The Morgan fingerprint density at radius 2 is 2.00 bits per heavy atom. The summed E-state index contributed by atoms with van der Waals surface area (Å²) in [6, 6.07) is 14.0. The molecule has 0 spiro atoms. The number of rotatable bonds is 8. The topological polar surface area (TPSA) is 87.9 Å². The summed E-state index contributed by atoms with van der Waals surface area (Å²) in [6.45, 7) is 3.60. The van der Waals surface area contributed by atoms with Crippen LogP contribution in [0.3, 0.4) is 0 Å². The Balaban J connectivity index is 1.10. The van der Waals surface area contributed by atoms with E-state index >= 15 is 0 Å². The molecule has 3 aliphatic heterocycles. The second kappa shape index (κ2) is 12.2. The number of ether oxygens (including phenoxy) is 4. The van der Waals surface area contributed by atoms with Gasteiger partial charge in [0.1, 0.15) is 28.9 Å². The van der Waals surface area contributed by atoms with E-state index in [0.29, 0.717) is 29.5 Å². The standard InChI is InChI=1S/C34H35ClN4O5/c1-41-30-18-23(35)7-8-26(30)29-11-6-22-4-3-5-25(32(22)44-29)21-12-15-38(16-13-21)20-31-36-27-9-10-28(34(40)42-2)37-33(27)39(31)19-24-14-17-43-24/h3-11,18,21,24,29H,12-17,19-20H2,1-2H3/t24-,29+/m0/s1/i1D3,29D. The molecule has 2 aromatic heterocycles. The Bertz CT molecular complexity index is 1890. The van der Waals surface area contributed by atoms with Crippen LogP contribution in [0.1, 0.15) is 69.7 Å². The number of fused-ring (bicyclic) bond motifs is 2. The summed E-state index contributed by atoms with van der Waals surface area (Å²) in [5.74, 6) is 1.15. The lowest BCUT2D eigenvalue weighted by Crippen LogP contribution is -2.35. The summed E-state index contributed by atoms with van der Waals surface area (Å²) in [5, 5.41) is 0.295. The Morgan fingerprint density at radius 3 is 2.77 bits per heavy atom. The summed E-state index contributed by atoms with van der Waals surface area (Å²) >= 11 is 6.17. The fourth-order valence-electron chi connectivity index (χ4n) is 6.20. The quantitative estimate of drug-likeness (QED) is 0.216. The average molecular weight is 619 g/mol. The monoisotopic (exact) mass is 618 g/mol. The summed E-state index contributed by atoms with van der Waals surface area (Å²) in [5.41, 5.74) is 3.72. The van der Waals surface area contributed by atoms with Crippen LogP contribution in [0.2, 0.25) is 5.02 Å². The first-order valence-electron chi connectivity index (χ1n) is 16.8. The van der Waals surface area contributed by atoms with Gasteiger partial charge in [0.25, 0.3) is 0 Å². The molecule has 228 valence electrons. The van der Waals surface area contributed by atoms with Gasteiger partial charge in [-0.05, 0) is 80.2 Å². The molecule has 2 fully saturated rings. The molecule has 0 radical (unpaired) electrons. The number of para-hydroxylation sites is 1. The SMILES string of the molecule is [2H]C([2H])([2H])Oc1cc(Cl)ccc1[C@@]1([2H])C=Cc2cccc(C3CCN(Cc4nc5ccc(C(=O)OC)nc5n4C[C@@H]4CCO4)CC3)c2O1. The lowest BCUT2D eigenvalue weighted by atomic mass is 9.87. The number of hydrogen-bond acceptors (Lipinski definition) is 8. The van der Waals surface area contributed by atoms with Gasteiger partial charge in [-0.15, -0.1) is 0 Å². The van der Waals surface area contributed by atoms with Gasteiger partial charge in [-0.25, -0.2) is 14.8 Å². The van der Waals surface area contributed by atoms with Crippen molar-refractivity contribution in [2.75, 3.05) is 33.8 Å². The van der Waals surface area contributed by atoms with Gasteiger partial charge in [0.05, 0.1) is 38.8 Å². The van der Waals surface area contributed by atoms with Crippen molar-refractivity contribution >= 4 is 34.8 Å². The largest absolute Gasteiger partial charge is 0.496 e. The predicted octanol–water partition coefficient (Wildman–Crippen LogP) is 6.20. The number of methoxy groups -OCH3 is 2. The van der Waals surface area contributed by atoms with Gasteiger partial charge in [0.2, 0.25) is 0 Å². The van der Waals surface area contributed by atoms with Crippen LogP contribution in [0.4, 0.5) is 0 Å². The van der Waals surface area contributed by atoms with Gasteiger partial charge in [-0.1, -0.05) is 35.9 Å². The molecule has 0 aliphatic carbocycles. The van der Waals surface area contributed by atoms with Crippen LogP contribution < -0.4 is 9.47 Å². The first kappa shape index (κ1) is 24.4. The second-order valence-electron chi connectivity index (χ2n) is 11.3. The Labute approximate surface area is 267 Å². The molecular formula is C34H35ClN4O5. The van der Waals surface area contributed by atoms with Crippen LogP contribution in [-0.4, -0.2) is 65.4 Å². The van der Waals surface area contributed by atoms with Crippen molar-refractivity contribution in [2.45, 2.75) is 50.5 Å². The van der Waals surface area contributed by atoms with Gasteiger partial charge >= 0.3 is 5.97 Å². The highest BCUT2D eigenvalue weighted by Gasteiger charge is 2.29. The zero-order chi connectivity index (χ0) is 33.6. The minimum absolute atomic E-state index is 0.0250.